The highest BCUT2D eigenvalue weighted by Crippen LogP contribution is 2.18. The number of hydrogen-bond acceptors (Lipinski definition) is 2. The predicted octanol–water partition coefficient (Wildman–Crippen LogP) is 2.43. The van der Waals surface area contributed by atoms with Crippen LogP contribution in [0.15, 0.2) is 24.3 Å². The van der Waals surface area contributed by atoms with Crippen molar-refractivity contribution in [2.75, 3.05) is 13.1 Å². The summed E-state index contributed by atoms with van der Waals surface area (Å²) in [5, 5.41) is 1.94. The molecule has 1 saturated heterocycles. The molecule has 0 saturated carbocycles. The maximum Gasteiger partial charge on any atom is 0.471 e. The summed E-state index contributed by atoms with van der Waals surface area (Å²) in [5.74, 6) is -2.38. The average molecular weight is 346 g/mol. The first-order valence-electron chi connectivity index (χ1n) is 7.65. The second-order valence-corrected chi connectivity index (χ2v) is 5.75. The van der Waals surface area contributed by atoms with E-state index in [9.17, 15) is 27.2 Å². The van der Waals surface area contributed by atoms with E-state index in [4.69, 9.17) is 0 Å². The lowest BCUT2D eigenvalue weighted by molar-refractivity contribution is -0.174. The van der Waals surface area contributed by atoms with Gasteiger partial charge in [0.25, 0.3) is 0 Å². The molecular formula is C16H18F4N2O2. The number of carbonyl (C=O) groups excluding carboxylic acids is 2. The molecule has 0 aliphatic carbocycles. The van der Waals surface area contributed by atoms with Crippen molar-refractivity contribution >= 4 is 11.8 Å². The molecule has 1 aromatic rings. The molecule has 2 amide bonds. The van der Waals surface area contributed by atoms with E-state index >= 15 is 0 Å². The number of halogens is 4. The normalized spacial score (nSPS) is 16.1. The molecule has 8 heteroatoms. The highest BCUT2D eigenvalue weighted by atomic mass is 19.4. The number of nitrogens with zero attached hydrogens (tertiary/aromatic N) is 1. The van der Waals surface area contributed by atoms with Crippen molar-refractivity contribution in [3.05, 3.63) is 35.6 Å². The van der Waals surface area contributed by atoms with Crippen LogP contribution in [0.3, 0.4) is 0 Å². The summed E-state index contributed by atoms with van der Waals surface area (Å²) in [6.45, 7) is 0.621. The zero-order chi connectivity index (χ0) is 17.7. The minimum absolute atomic E-state index is 0.0973. The summed E-state index contributed by atoms with van der Waals surface area (Å²) in [6, 6.07) is 5.31. The van der Waals surface area contributed by atoms with E-state index < -0.39 is 18.1 Å². The molecule has 0 unspecified atom stereocenters. The fourth-order valence-corrected chi connectivity index (χ4v) is 2.60. The minimum atomic E-state index is -4.89. The van der Waals surface area contributed by atoms with Gasteiger partial charge in [-0.05, 0) is 37.0 Å². The molecule has 4 nitrogen and oxygen atoms in total. The number of amides is 2. The van der Waals surface area contributed by atoms with E-state index in [0.29, 0.717) is 32.4 Å². The van der Waals surface area contributed by atoms with Crippen molar-refractivity contribution in [2.45, 2.75) is 37.9 Å². The van der Waals surface area contributed by atoms with E-state index in [1.165, 1.54) is 12.1 Å². The quantitative estimate of drug-likeness (QED) is 0.852. The number of hydrogen-bond donors (Lipinski definition) is 1. The number of piperidine rings is 1. The smallest absolute Gasteiger partial charge is 0.345 e. The molecule has 1 heterocycles. The van der Waals surface area contributed by atoms with Crippen LogP contribution in [0, 0.1) is 5.82 Å². The maximum absolute atomic E-state index is 12.8. The molecule has 0 bridgehead atoms. The zero-order valence-electron chi connectivity index (χ0n) is 12.9. The van der Waals surface area contributed by atoms with Crippen LogP contribution in [-0.4, -0.2) is 42.0 Å². The Kier molecular flexibility index (Phi) is 5.80. The third-order valence-corrected chi connectivity index (χ3v) is 3.98. The topological polar surface area (TPSA) is 49.4 Å². The first kappa shape index (κ1) is 18.2. The van der Waals surface area contributed by atoms with E-state index in [2.05, 4.69) is 0 Å². The molecule has 1 N–H and O–H groups in total. The predicted molar refractivity (Wildman–Crippen MR) is 78.5 cm³/mol. The standard InChI is InChI=1S/C16H18F4N2O2/c17-12-4-1-11(2-5-12)3-6-14(23)22-9-7-13(8-10-22)21-15(24)16(18,19)20/h1-2,4-5,13H,3,6-10H2,(H,21,24). The van der Waals surface area contributed by atoms with E-state index in [-0.39, 0.29) is 18.1 Å². The summed E-state index contributed by atoms with van der Waals surface area (Å²) in [5.41, 5.74) is 0.845. The molecule has 1 aromatic carbocycles. The molecule has 0 radical (unpaired) electrons. The van der Waals surface area contributed by atoms with Crippen LogP contribution in [0.1, 0.15) is 24.8 Å². The minimum Gasteiger partial charge on any atom is -0.345 e. The number of nitrogens with one attached hydrogen (secondary N) is 1. The van der Waals surface area contributed by atoms with Gasteiger partial charge in [0.1, 0.15) is 5.82 Å². The Labute approximate surface area is 136 Å². The largest absolute Gasteiger partial charge is 0.471 e. The van der Waals surface area contributed by atoms with Gasteiger partial charge in [0, 0.05) is 25.6 Å². The fourth-order valence-electron chi connectivity index (χ4n) is 2.60. The molecule has 0 atom stereocenters. The van der Waals surface area contributed by atoms with E-state index in [0.717, 1.165) is 5.56 Å². The highest BCUT2D eigenvalue weighted by molar-refractivity contribution is 5.82. The van der Waals surface area contributed by atoms with Gasteiger partial charge in [-0.15, -0.1) is 0 Å². The summed E-state index contributed by atoms with van der Waals surface area (Å²) >= 11 is 0. The van der Waals surface area contributed by atoms with Gasteiger partial charge in [-0.25, -0.2) is 4.39 Å². The van der Waals surface area contributed by atoms with Gasteiger partial charge >= 0.3 is 12.1 Å². The Balaban J connectivity index is 1.74. The third kappa shape index (κ3) is 5.21. The first-order valence-corrected chi connectivity index (χ1v) is 7.65. The Bertz CT molecular complexity index is 579. The Morgan fingerprint density at radius 2 is 1.71 bits per heavy atom. The van der Waals surface area contributed by atoms with Crippen LogP contribution in [0.2, 0.25) is 0 Å². The number of aryl methyl sites for hydroxylation is 1. The van der Waals surface area contributed by atoms with Gasteiger partial charge in [0.15, 0.2) is 0 Å². The van der Waals surface area contributed by atoms with Gasteiger partial charge in [0.2, 0.25) is 5.91 Å². The molecule has 24 heavy (non-hydrogen) atoms. The van der Waals surface area contributed by atoms with Crippen LogP contribution < -0.4 is 5.32 Å². The Morgan fingerprint density at radius 3 is 2.25 bits per heavy atom. The van der Waals surface area contributed by atoms with Crippen molar-refractivity contribution in [2.24, 2.45) is 0 Å². The van der Waals surface area contributed by atoms with Crippen molar-refractivity contribution in [3.8, 4) is 0 Å². The van der Waals surface area contributed by atoms with Gasteiger partial charge in [-0.3, -0.25) is 9.59 Å². The second-order valence-electron chi connectivity index (χ2n) is 5.75. The number of likely N-dealkylation sites (tertiary alicyclic amines) is 1. The fraction of sp³-hybridized carbons (Fsp3) is 0.500. The van der Waals surface area contributed by atoms with Crippen LogP contribution >= 0.6 is 0 Å². The third-order valence-electron chi connectivity index (χ3n) is 3.98. The van der Waals surface area contributed by atoms with Crippen molar-refractivity contribution < 1.29 is 27.2 Å². The number of carbonyl (C=O) groups is 2. The molecule has 2 rings (SSSR count). The Morgan fingerprint density at radius 1 is 1.12 bits per heavy atom. The molecule has 1 fully saturated rings. The van der Waals surface area contributed by atoms with Crippen molar-refractivity contribution in [1.29, 1.82) is 0 Å². The monoisotopic (exact) mass is 346 g/mol. The highest BCUT2D eigenvalue weighted by Gasteiger charge is 2.40. The van der Waals surface area contributed by atoms with Crippen LogP contribution in [-0.2, 0) is 16.0 Å². The van der Waals surface area contributed by atoms with Crippen LogP contribution in [0.25, 0.3) is 0 Å². The molecule has 1 aliphatic heterocycles. The van der Waals surface area contributed by atoms with Crippen molar-refractivity contribution in [1.82, 2.24) is 10.2 Å². The zero-order valence-corrected chi connectivity index (χ0v) is 12.9. The molecule has 1 aliphatic rings. The van der Waals surface area contributed by atoms with E-state index in [1.807, 2.05) is 5.32 Å². The van der Waals surface area contributed by atoms with Gasteiger partial charge in [-0.1, -0.05) is 12.1 Å². The van der Waals surface area contributed by atoms with Crippen LogP contribution in [0.5, 0.6) is 0 Å². The number of rotatable bonds is 4. The van der Waals surface area contributed by atoms with E-state index in [1.54, 1.807) is 17.0 Å². The Hall–Kier alpha value is -2.12. The maximum atomic E-state index is 12.8. The summed E-state index contributed by atoms with van der Waals surface area (Å²) in [4.78, 5) is 24.6. The van der Waals surface area contributed by atoms with Crippen molar-refractivity contribution in [3.63, 3.8) is 0 Å². The summed E-state index contributed by atoms with van der Waals surface area (Å²) in [7, 11) is 0. The molecule has 0 aromatic heterocycles. The first-order chi connectivity index (χ1) is 11.3. The molecular weight excluding hydrogens is 328 g/mol. The SMILES string of the molecule is O=C(CCc1ccc(F)cc1)N1CCC(NC(=O)C(F)(F)F)CC1. The van der Waals surface area contributed by atoms with Gasteiger partial charge in [-0.2, -0.15) is 13.2 Å². The lowest BCUT2D eigenvalue weighted by Gasteiger charge is -2.32. The summed E-state index contributed by atoms with van der Waals surface area (Å²) in [6.07, 6.45) is -3.56. The van der Waals surface area contributed by atoms with Gasteiger partial charge in [0.05, 0.1) is 0 Å². The molecule has 0 spiro atoms. The molecule has 132 valence electrons. The lowest BCUT2D eigenvalue weighted by atomic mass is 10.0. The number of alkyl halides is 3. The second kappa shape index (κ2) is 7.63. The summed E-state index contributed by atoms with van der Waals surface area (Å²) < 4.78 is 49.4. The van der Waals surface area contributed by atoms with Crippen LogP contribution in [0.4, 0.5) is 17.6 Å². The van der Waals surface area contributed by atoms with Gasteiger partial charge < -0.3 is 10.2 Å². The number of benzene rings is 1. The lowest BCUT2D eigenvalue weighted by Crippen LogP contribution is -2.49. The average Bonchev–Trinajstić information content (AvgIpc) is 2.54.